The standard InChI is InChI=1S/C19H19FN2O3S/c20-17-8-2-1-5-16(17)11-14(13-23)12-22-26(24,25)18-9-3-6-15-7-4-10-21-19(15)18/h1-10,14,22-23H,11-13H2. The highest BCUT2D eigenvalue weighted by molar-refractivity contribution is 7.89. The Balaban J connectivity index is 1.77. The van der Waals surface area contributed by atoms with Crippen LogP contribution in [0.2, 0.25) is 0 Å². The molecule has 0 amide bonds. The minimum atomic E-state index is -3.81. The van der Waals surface area contributed by atoms with Crippen molar-refractivity contribution in [2.24, 2.45) is 5.92 Å². The molecule has 0 saturated carbocycles. The molecule has 2 aromatic carbocycles. The van der Waals surface area contributed by atoms with E-state index in [0.717, 1.165) is 5.39 Å². The van der Waals surface area contributed by atoms with Crippen LogP contribution in [0.4, 0.5) is 4.39 Å². The zero-order valence-corrected chi connectivity index (χ0v) is 14.8. The van der Waals surface area contributed by atoms with Crippen LogP contribution < -0.4 is 4.72 Å². The summed E-state index contributed by atoms with van der Waals surface area (Å²) in [5.74, 6) is -0.809. The van der Waals surface area contributed by atoms with E-state index in [-0.39, 0.29) is 30.3 Å². The number of hydrogen-bond acceptors (Lipinski definition) is 4. The molecule has 7 heteroatoms. The predicted octanol–water partition coefficient (Wildman–Crippen LogP) is 2.50. The molecule has 1 atom stereocenters. The van der Waals surface area contributed by atoms with Gasteiger partial charge in [0.05, 0.1) is 5.52 Å². The van der Waals surface area contributed by atoms with Gasteiger partial charge in [0.1, 0.15) is 10.7 Å². The van der Waals surface area contributed by atoms with Crippen molar-refractivity contribution in [2.45, 2.75) is 11.3 Å². The maximum Gasteiger partial charge on any atom is 0.242 e. The summed E-state index contributed by atoms with van der Waals surface area (Å²) >= 11 is 0. The first-order chi connectivity index (χ1) is 12.5. The lowest BCUT2D eigenvalue weighted by Gasteiger charge is -2.16. The number of para-hydroxylation sites is 1. The van der Waals surface area contributed by atoms with Gasteiger partial charge >= 0.3 is 0 Å². The van der Waals surface area contributed by atoms with Crippen LogP contribution in [0.25, 0.3) is 10.9 Å². The average Bonchev–Trinajstić information content (AvgIpc) is 2.66. The lowest BCUT2D eigenvalue weighted by molar-refractivity contribution is 0.226. The minimum absolute atomic E-state index is 0.00358. The van der Waals surface area contributed by atoms with Crippen molar-refractivity contribution in [3.8, 4) is 0 Å². The number of benzene rings is 2. The van der Waals surface area contributed by atoms with E-state index in [1.807, 2.05) is 0 Å². The molecule has 0 aliphatic carbocycles. The number of nitrogens with zero attached hydrogens (tertiary/aromatic N) is 1. The topological polar surface area (TPSA) is 79.3 Å². The number of halogens is 1. The van der Waals surface area contributed by atoms with Gasteiger partial charge in [-0.05, 0) is 36.1 Å². The molecule has 136 valence electrons. The monoisotopic (exact) mass is 374 g/mol. The molecule has 26 heavy (non-hydrogen) atoms. The first-order valence-corrected chi connectivity index (χ1v) is 9.67. The van der Waals surface area contributed by atoms with Gasteiger partial charge in [0, 0.05) is 24.7 Å². The Labute approximate surface area is 151 Å². The highest BCUT2D eigenvalue weighted by Gasteiger charge is 2.20. The van der Waals surface area contributed by atoms with Crippen molar-refractivity contribution in [3.05, 3.63) is 72.2 Å². The van der Waals surface area contributed by atoms with E-state index >= 15 is 0 Å². The zero-order chi connectivity index (χ0) is 18.6. The molecule has 1 aromatic heterocycles. The molecular weight excluding hydrogens is 355 g/mol. The number of pyridine rings is 1. The van der Waals surface area contributed by atoms with Crippen LogP contribution in [-0.2, 0) is 16.4 Å². The van der Waals surface area contributed by atoms with Gasteiger partial charge in [0.2, 0.25) is 10.0 Å². The van der Waals surface area contributed by atoms with E-state index < -0.39 is 15.9 Å². The second-order valence-corrected chi connectivity index (χ2v) is 7.76. The van der Waals surface area contributed by atoms with Crippen LogP contribution in [0.5, 0.6) is 0 Å². The summed E-state index contributed by atoms with van der Waals surface area (Å²) in [6.07, 6.45) is 1.77. The number of aromatic nitrogens is 1. The molecule has 2 N–H and O–H groups in total. The Hall–Kier alpha value is -2.35. The molecule has 3 rings (SSSR count). The maximum atomic E-state index is 13.8. The van der Waals surface area contributed by atoms with Gasteiger partial charge in [-0.3, -0.25) is 4.98 Å². The Morgan fingerprint density at radius 1 is 1.08 bits per heavy atom. The second-order valence-electron chi connectivity index (χ2n) is 6.03. The lowest BCUT2D eigenvalue weighted by atomic mass is 10.00. The summed E-state index contributed by atoms with van der Waals surface area (Å²) in [7, 11) is -3.81. The molecule has 0 radical (unpaired) electrons. The van der Waals surface area contributed by atoms with Crippen LogP contribution in [0.3, 0.4) is 0 Å². The summed E-state index contributed by atoms with van der Waals surface area (Å²) in [4.78, 5) is 4.24. The number of aliphatic hydroxyl groups is 1. The molecule has 0 saturated heterocycles. The predicted molar refractivity (Wildman–Crippen MR) is 97.6 cm³/mol. The van der Waals surface area contributed by atoms with Gasteiger partial charge in [-0.25, -0.2) is 17.5 Å². The normalized spacial score (nSPS) is 13.0. The Morgan fingerprint density at radius 2 is 1.85 bits per heavy atom. The van der Waals surface area contributed by atoms with E-state index in [1.165, 1.54) is 18.3 Å². The van der Waals surface area contributed by atoms with Crippen molar-refractivity contribution in [2.75, 3.05) is 13.2 Å². The Bertz CT molecular complexity index is 1000. The van der Waals surface area contributed by atoms with E-state index in [9.17, 15) is 17.9 Å². The summed E-state index contributed by atoms with van der Waals surface area (Å²) in [5, 5.41) is 10.3. The maximum absolute atomic E-state index is 13.8. The van der Waals surface area contributed by atoms with E-state index in [2.05, 4.69) is 9.71 Å². The summed E-state index contributed by atoms with van der Waals surface area (Å²) in [5.41, 5.74) is 0.828. The largest absolute Gasteiger partial charge is 0.396 e. The summed E-state index contributed by atoms with van der Waals surface area (Å²) in [6, 6.07) is 14.7. The average molecular weight is 374 g/mol. The Kier molecular flexibility index (Phi) is 5.61. The van der Waals surface area contributed by atoms with Crippen molar-refractivity contribution in [1.82, 2.24) is 9.71 Å². The zero-order valence-electron chi connectivity index (χ0n) is 14.0. The van der Waals surface area contributed by atoms with Crippen LogP contribution in [-0.4, -0.2) is 31.7 Å². The molecule has 1 unspecified atom stereocenters. The molecule has 3 aromatic rings. The van der Waals surface area contributed by atoms with Crippen molar-refractivity contribution in [3.63, 3.8) is 0 Å². The number of fused-ring (bicyclic) bond motifs is 1. The smallest absolute Gasteiger partial charge is 0.242 e. The molecule has 0 bridgehead atoms. The molecule has 0 aliphatic heterocycles. The van der Waals surface area contributed by atoms with Gasteiger partial charge in [0.15, 0.2) is 0 Å². The second kappa shape index (κ2) is 7.90. The van der Waals surface area contributed by atoms with Crippen LogP contribution in [0.1, 0.15) is 5.56 Å². The molecular formula is C19H19FN2O3S. The number of hydrogen-bond donors (Lipinski definition) is 2. The number of aliphatic hydroxyl groups excluding tert-OH is 1. The number of rotatable bonds is 7. The highest BCUT2D eigenvalue weighted by atomic mass is 32.2. The fourth-order valence-corrected chi connectivity index (χ4v) is 4.07. The lowest BCUT2D eigenvalue weighted by Crippen LogP contribution is -2.32. The SMILES string of the molecule is O=S(=O)(NCC(CO)Cc1ccccc1F)c1cccc2cccnc12. The summed E-state index contributed by atoms with van der Waals surface area (Å²) in [6.45, 7) is -0.263. The van der Waals surface area contributed by atoms with Gasteiger partial charge in [-0.15, -0.1) is 0 Å². The first kappa shape index (κ1) is 18.4. The fraction of sp³-hybridized carbons (Fsp3) is 0.211. The third-order valence-corrected chi connectivity index (χ3v) is 5.63. The van der Waals surface area contributed by atoms with Crippen molar-refractivity contribution >= 4 is 20.9 Å². The molecule has 0 aliphatic rings. The quantitative estimate of drug-likeness (QED) is 0.666. The molecule has 0 fully saturated rings. The van der Waals surface area contributed by atoms with Crippen LogP contribution in [0.15, 0.2) is 65.7 Å². The third kappa shape index (κ3) is 4.07. The van der Waals surface area contributed by atoms with Crippen molar-refractivity contribution in [1.29, 1.82) is 0 Å². The number of nitrogens with one attached hydrogen (secondary N) is 1. The van der Waals surface area contributed by atoms with Gasteiger partial charge < -0.3 is 5.11 Å². The fourth-order valence-electron chi connectivity index (χ4n) is 2.77. The first-order valence-electron chi connectivity index (χ1n) is 8.19. The van der Waals surface area contributed by atoms with E-state index in [0.29, 0.717) is 11.1 Å². The van der Waals surface area contributed by atoms with Crippen molar-refractivity contribution < 1.29 is 17.9 Å². The molecule has 5 nitrogen and oxygen atoms in total. The minimum Gasteiger partial charge on any atom is -0.396 e. The van der Waals surface area contributed by atoms with Crippen LogP contribution >= 0.6 is 0 Å². The van der Waals surface area contributed by atoms with Gasteiger partial charge in [-0.2, -0.15) is 0 Å². The highest BCUT2D eigenvalue weighted by Crippen LogP contribution is 2.21. The summed E-state index contributed by atoms with van der Waals surface area (Å²) < 4.78 is 41.6. The third-order valence-electron chi connectivity index (χ3n) is 4.17. The van der Waals surface area contributed by atoms with E-state index in [4.69, 9.17) is 0 Å². The van der Waals surface area contributed by atoms with E-state index in [1.54, 1.807) is 42.5 Å². The number of sulfonamides is 1. The molecule has 1 heterocycles. The van der Waals surface area contributed by atoms with Gasteiger partial charge in [0.25, 0.3) is 0 Å². The van der Waals surface area contributed by atoms with Gasteiger partial charge in [-0.1, -0.05) is 36.4 Å². The Morgan fingerprint density at radius 3 is 2.62 bits per heavy atom. The molecule has 0 spiro atoms. The van der Waals surface area contributed by atoms with Crippen LogP contribution in [0, 0.1) is 11.7 Å².